The SMILES string of the molecule is COc1ccc(CNC(=O)C2CCCN(c3nccc(Nc4ccccc4F)n3)C2)cc1. The molecule has 0 bridgehead atoms. The van der Waals surface area contributed by atoms with Crippen LogP contribution in [0.3, 0.4) is 0 Å². The van der Waals surface area contributed by atoms with Crippen molar-refractivity contribution in [2.24, 2.45) is 5.92 Å². The molecule has 32 heavy (non-hydrogen) atoms. The molecule has 1 amide bonds. The van der Waals surface area contributed by atoms with Crippen molar-refractivity contribution in [2.45, 2.75) is 19.4 Å². The molecule has 0 aliphatic carbocycles. The van der Waals surface area contributed by atoms with Crippen LogP contribution in [0.15, 0.2) is 60.8 Å². The molecule has 0 spiro atoms. The number of piperidine rings is 1. The summed E-state index contributed by atoms with van der Waals surface area (Å²) >= 11 is 0. The Balaban J connectivity index is 1.36. The third-order valence-electron chi connectivity index (χ3n) is 5.48. The van der Waals surface area contributed by atoms with Gasteiger partial charge in [-0.25, -0.2) is 9.37 Å². The van der Waals surface area contributed by atoms with E-state index in [9.17, 15) is 9.18 Å². The van der Waals surface area contributed by atoms with Crippen molar-refractivity contribution in [1.82, 2.24) is 15.3 Å². The molecule has 0 radical (unpaired) electrons. The van der Waals surface area contributed by atoms with Gasteiger partial charge in [0.1, 0.15) is 17.4 Å². The van der Waals surface area contributed by atoms with Gasteiger partial charge in [-0.15, -0.1) is 0 Å². The molecule has 1 fully saturated rings. The fourth-order valence-electron chi connectivity index (χ4n) is 3.72. The summed E-state index contributed by atoms with van der Waals surface area (Å²) in [4.78, 5) is 23.7. The summed E-state index contributed by atoms with van der Waals surface area (Å²) in [7, 11) is 1.63. The number of carbonyl (C=O) groups excluding carboxylic acids is 1. The average molecular weight is 436 g/mol. The van der Waals surface area contributed by atoms with Crippen molar-refractivity contribution in [1.29, 1.82) is 0 Å². The zero-order valence-electron chi connectivity index (χ0n) is 17.9. The average Bonchev–Trinajstić information content (AvgIpc) is 2.84. The van der Waals surface area contributed by atoms with Gasteiger partial charge in [-0.05, 0) is 48.7 Å². The largest absolute Gasteiger partial charge is 0.497 e. The standard InChI is InChI=1S/C24H26FN5O2/c1-32-19-10-8-17(9-11-19)15-27-23(31)18-5-4-14-30(16-18)24-26-13-12-22(29-24)28-21-7-3-2-6-20(21)25/h2-3,6-13,18H,4-5,14-16H2,1H3,(H,27,31)(H,26,28,29). The topological polar surface area (TPSA) is 79.4 Å². The van der Waals surface area contributed by atoms with E-state index in [0.29, 0.717) is 30.5 Å². The van der Waals surface area contributed by atoms with Crippen LogP contribution in [0, 0.1) is 11.7 Å². The number of methoxy groups -OCH3 is 1. The minimum atomic E-state index is -0.348. The van der Waals surface area contributed by atoms with Gasteiger partial charge in [0.15, 0.2) is 0 Å². The lowest BCUT2D eigenvalue weighted by molar-refractivity contribution is -0.125. The molecular formula is C24H26FN5O2. The maximum absolute atomic E-state index is 13.9. The number of halogens is 1. The van der Waals surface area contributed by atoms with E-state index in [0.717, 1.165) is 30.7 Å². The van der Waals surface area contributed by atoms with Crippen LogP contribution in [-0.4, -0.2) is 36.1 Å². The normalized spacial score (nSPS) is 15.8. The molecule has 3 aromatic rings. The Bertz CT molecular complexity index is 1060. The smallest absolute Gasteiger partial charge is 0.227 e. The number of amides is 1. The van der Waals surface area contributed by atoms with Crippen molar-refractivity contribution in [3.63, 3.8) is 0 Å². The number of aromatic nitrogens is 2. The quantitative estimate of drug-likeness (QED) is 0.586. The Hall–Kier alpha value is -3.68. The molecule has 166 valence electrons. The van der Waals surface area contributed by atoms with E-state index < -0.39 is 0 Å². The summed E-state index contributed by atoms with van der Waals surface area (Å²) in [5, 5.41) is 6.02. The van der Waals surface area contributed by atoms with Crippen LogP contribution in [0.25, 0.3) is 0 Å². The minimum Gasteiger partial charge on any atom is -0.497 e. The maximum atomic E-state index is 13.9. The van der Waals surface area contributed by atoms with Gasteiger partial charge in [-0.3, -0.25) is 4.79 Å². The van der Waals surface area contributed by atoms with E-state index in [1.54, 1.807) is 37.6 Å². The molecule has 4 rings (SSSR count). The van der Waals surface area contributed by atoms with Crippen molar-refractivity contribution in [3.8, 4) is 5.75 Å². The highest BCUT2D eigenvalue weighted by Crippen LogP contribution is 2.23. The molecule has 2 heterocycles. The summed E-state index contributed by atoms with van der Waals surface area (Å²) in [5.74, 6) is 1.35. The van der Waals surface area contributed by atoms with Crippen LogP contribution >= 0.6 is 0 Å². The van der Waals surface area contributed by atoms with E-state index >= 15 is 0 Å². The number of nitrogens with one attached hydrogen (secondary N) is 2. The van der Waals surface area contributed by atoms with Crippen molar-refractivity contribution in [2.75, 3.05) is 30.4 Å². The molecule has 2 N–H and O–H groups in total. The molecule has 7 nitrogen and oxygen atoms in total. The van der Waals surface area contributed by atoms with Crippen LogP contribution in [-0.2, 0) is 11.3 Å². The molecule has 0 saturated carbocycles. The monoisotopic (exact) mass is 435 g/mol. The van der Waals surface area contributed by atoms with Gasteiger partial charge in [0.2, 0.25) is 11.9 Å². The Labute approximate surface area is 186 Å². The zero-order chi connectivity index (χ0) is 22.3. The number of benzene rings is 2. The van der Waals surface area contributed by atoms with E-state index in [1.807, 2.05) is 29.2 Å². The number of hydrogen-bond acceptors (Lipinski definition) is 6. The summed E-state index contributed by atoms with van der Waals surface area (Å²) in [5.41, 5.74) is 1.37. The lowest BCUT2D eigenvalue weighted by Crippen LogP contribution is -2.43. The molecule has 1 unspecified atom stereocenters. The molecule has 1 atom stereocenters. The zero-order valence-corrected chi connectivity index (χ0v) is 17.9. The second kappa shape index (κ2) is 10.1. The Kier molecular flexibility index (Phi) is 6.79. The van der Waals surface area contributed by atoms with Gasteiger partial charge in [0.05, 0.1) is 18.7 Å². The molecule has 2 aromatic carbocycles. The first-order valence-corrected chi connectivity index (χ1v) is 10.6. The van der Waals surface area contributed by atoms with Crippen molar-refractivity contribution in [3.05, 3.63) is 72.2 Å². The third-order valence-corrected chi connectivity index (χ3v) is 5.48. The van der Waals surface area contributed by atoms with Gasteiger partial charge in [-0.2, -0.15) is 4.98 Å². The fraction of sp³-hybridized carbons (Fsp3) is 0.292. The third kappa shape index (κ3) is 5.32. The highest BCUT2D eigenvalue weighted by Gasteiger charge is 2.27. The summed E-state index contributed by atoms with van der Waals surface area (Å²) in [6.45, 7) is 1.78. The van der Waals surface area contributed by atoms with Gasteiger partial charge in [0, 0.05) is 25.8 Å². The van der Waals surface area contributed by atoms with Crippen LogP contribution in [0.1, 0.15) is 18.4 Å². The molecule has 1 saturated heterocycles. The van der Waals surface area contributed by atoms with Gasteiger partial charge >= 0.3 is 0 Å². The van der Waals surface area contributed by atoms with Crippen LogP contribution in [0.2, 0.25) is 0 Å². The first-order valence-electron chi connectivity index (χ1n) is 10.6. The van der Waals surface area contributed by atoms with E-state index in [1.165, 1.54) is 6.07 Å². The molecular weight excluding hydrogens is 409 g/mol. The number of rotatable bonds is 7. The number of hydrogen-bond donors (Lipinski definition) is 2. The van der Waals surface area contributed by atoms with Gasteiger partial charge in [-0.1, -0.05) is 24.3 Å². The first kappa shape index (κ1) is 21.5. The second-order valence-corrected chi connectivity index (χ2v) is 7.70. The van der Waals surface area contributed by atoms with Crippen molar-refractivity contribution < 1.29 is 13.9 Å². The number of carbonyl (C=O) groups is 1. The minimum absolute atomic E-state index is 0.0196. The van der Waals surface area contributed by atoms with Crippen LogP contribution < -0.4 is 20.3 Å². The van der Waals surface area contributed by atoms with Gasteiger partial charge < -0.3 is 20.3 Å². The highest BCUT2D eigenvalue weighted by molar-refractivity contribution is 5.79. The van der Waals surface area contributed by atoms with Crippen molar-refractivity contribution >= 4 is 23.4 Å². The van der Waals surface area contributed by atoms with E-state index in [2.05, 4.69) is 20.6 Å². The number of ether oxygens (including phenoxy) is 1. The Morgan fingerprint density at radius 1 is 1.19 bits per heavy atom. The van der Waals surface area contributed by atoms with Gasteiger partial charge in [0.25, 0.3) is 0 Å². The summed E-state index contributed by atoms with van der Waals surface area (Å²) < 4.78 is 19.1. The fourth-order valence-corrected chi connectivity index (χ4v) is 3.72. The first-order chi connectivity index (χ1) is 15.6. The number of para-hydroxylation sites is 1. The number of anilines is 3. The predicted molar refractivity (Wildman–Crippen MR) is 121 cm³/mol. The second-order valence-electron chi connectivity index (χ2n) is 7.70. The summed E-state index contributed by atoms with van der Waals surface area (Å²) in [6.07, 6.45) is 3.33. The van der Waals surface area contributed by atoms with Crippen LogP contribution in [0.4, 0.5) is 21.8 Å². The Morgan fingerprint density at radius 2 is 2.00 bits per heavy atom. The highest BCUT2D eigenvalue weighted by atomic mass is 19.1. The maximum Gasteiger partial charge on any atom is 0.227 e. The number of nitrogens with zero attached hydrogens (tertiary/aromatic N) is 3. The van der Waals surface area contributed by atoms with E-state index in [-0.39, 0.29) is 17.6 Å². The molecule has 8 heteroatoms. The lowest BCUT2D eigenvalue weighted by atomic mass is 9.97. The van der Waals surface area contributed by atoms with Crippen LogP contribution in [0.5, 0.6) is 5.75 Å². The molecule has 1 aromatic heterocycles. The molecule has 1 aliphatic heterocycles. The lowest BCUT2D eigenvalue weighted by Gasteiger charge is -2.32. The Morgan fingerprint density at radius 3 is 2.78 bits per heavy atom. The summed E-state index contributed by atoms with van der Waals surface area (Å²) in [6, 6.07) is 15.8. The van der Waals surface area contributed by atoms with E-state index in [4.69, 9.17) is 4.74 Å². The predicted octanol–water partition coefficient (Wildman–Crippen LogP) is 3.90. The molecule has 1 aliphatic rings.